The molecule has 2 heterocycles. The van der Waals surface area contributed by atoms with Crippen LogP contribution in [-0.2, 0) is 11.0 Å². The fraction of sp³-hybridized carbons (Fsp3) is 0.650. The van der Waals surface area contributed by atoms with E-state index in [1.165, 1.54) is 19.3 Å². The van der Waals surface area contributed by atoms with Gasteiger partial charge >= 0.3 is 6.18 Å². The maximum absolute atomic E-state index is 12.9. The van der Waals surface area contributed by atoms with Crippen molar-refractivity contribution in [1.29, 1.82) is 0 Å². The van der Waals surface area contributed by atoms with Crippen LogP contribution in [0.3, 0.4) is 0 Å². The molecule has 0 spiro atoms. The van der Waals surface area contributed by atoms with Gasteiger partial charge in [0.2, 0.25) is 5.91 Å². The number of rotatable bonds is 6. The molecule has 1 aromatic carbocycles. The molecule has 1 N–H and O–H groups in total. The lowest BCUT2D eigenvalue weighted by molar-refractivity contribution is -0.384. The summed E-state index contributed by atoms with van der Waals surface area (Å²) in [7, 11) is 0. The molecule has 166 valence electrons. The standard InChI is InChI=1S/C20H27F3N4O3/c21-20(22,23)16-4-5-17(18(14-16)27(29)30)26-11-6-15(7-12-26)19(28)24-8-13-25-9-2-1-3-10-25/h4-5,14-15H,1-3,6-13H2,(H,24,28). The molecule has 0 bridgehead atoms. The van der Waals surface area contributed by atoms with E-state index in [0.717, 1.165) is 31.8 Å². The summed E-state index contributed by atoms with van der Waals surface area (Å²) >= 11 is 0. The van der Waals surface area contributed by atoms with Crippen LogP contribution in [-0.4, -0.2) is 55.0 Å². The predicted octanol–water partition coefficient (Wildman–Crippen LogP) is 3.43. The van der Waals surface area contributed by atoms with Crippen LogP contribution < -0.4 is 10.2 Å². The molecule has 0 aliphatic carbocycles. The topological polar surface area (TPSA) is 78.7 Å². The number of carbonyl (C=O) groups excluding carboxylic acids is 1. The molecule has 3 rings (SSSR count). The summed E-state index contributed by atoms with van der Waals surface area (Å²) in [5, 5.41) is 14.3. The van der Waals surface area contributed by atoms with E-state index < -0.39 is 22.4 Å². The van der Waals surface area contributed by atoms with Gasteiger partial charge in [-0.3, -0.25) is 14.9 Å². The number of alkyl halides is 3. The lowest BCUT2D eigenvalue weighted by Gasteiger charge is -2.33. The predicted molar refractivity (Wildman–Crippen MR) is 106 cm³/mol. The highest BCUT2D eigenvalue weighted by Gasteiger charge is 2.34. The summed E-state index contributed by atoms with van der Waals surface area (Å²) in [4.78, 5) is 27.0. The molecule has 1 aromatic rings. The first-order valence-corrected chi connectivity index (χ1v) is 10.4. The third kappa shape index (κ3) is 5.62. The van der Waals surface area contributed by atoms with Crippen molar-refractivity contribution in [2.45, 2.75) is 38.3 Å². The van der Waals surface area contributed by atoms with Gasteiger partial charge in [0.05, 0.1) is 10.5 Å². The van der Waals surface area contributed by atoms with E-state index in [1.807, 2.05) is 0 Å². The Hall–Kier alpha value is -2.36. The highest BCUT2D eigenvalue weighted by Crippen LogP contribution is 2.37. The van der Waals surface area contributed by atoms with Gasteiger partial charge in [0.15, 0.2) is 0 Å². The van der Waals surface area contributed by atoms with Crippen molar-refractivity contribution >= 4 is 17.3 Å². The molecular formula is C20H27F3N4O3. The number of hydrogen-bond donors (Lipinski definition) is 1. The average Bonchev–Trinajstić information content (AvgIpc) is 2.73. The Labute approximate surface area is 173 Å². The van der Waals surface area contributed by atoms with Crippen LogP contribution in [0.2, 0.25) is 0 Å². The number of hydrogen-bond acceptors (Lipinski definition) is 5. The van der Waals surface area contributed by atoms with Crippen LogP contribution in [0.1, 0.15) is 37.7 Å². The lowest BCUT2D eigenvalue weighted by atomic mass is 9.95. The molecule has 30 heavy (non-hydrogen) atoms. The summed E-state index contributed by atoms with van der Waals surface area (Å²) in [6.07, 6.45) is 0.0352. The van der Waals surface area contributed by atoms with Crippen molar-refractivity contribution in [2.24, 2.45) is 5.92 Å². The number of halogens is 3. The van der Waals surface area contributed by atoms with Gasteiger partial charge in [-0.25, -0.2) is 0 Å². The Morgan fingerprint density at radius 3 is 2.40 bits per heavy atom. The summed E-state index contributed by atoms with van der Waals surface area (Å²) in [5.74, 6) is -0.204. The van der Waals surface area contributed by atoms with Crippen molar-refractivity contribution in [1.82, 2.24) is 10.2 Å². The average molecular weight is 428 g/mol. The van der Waals surface area contributed by atoms with Crippen molar-refractivity contribution in [3.63, 3.8) is 0 Å². The van der Waals surface area contributed by atoms with Crippen LogP contribution in [0.25, 0.3) is 0 Å². The molecular weight excluding hydrogens is 401 g/mol. The number of nitrogens with one attached hydrogen (secondary N) is 1. The second-order valence-electron chi connectivity index (χ2n) is 7.91. The maximum atomic E-state index is 12.9. The van der Waals surface area contributed by atoms with Gasteiger partial charge in [-0.2, -0.15) is 13.2 Å². The summed E-state index contributed by atoms with van der Waals surface area (Å²) in [6, 6.07) is 2.59. The van der Waals surface area contributed by atoms with Gasteiger partial charge in [0.1, 0.15) is 5.69 Å². The van der Waals surface area contributed by atoms with Crippen LogP contribution >= 0.6 is 0 Å². The number of nitrogens with zero attached hydrogens (tertiary/aromatic N) is 3. The Morgan fingerprint density at radius 2 is 1.80 bits per heavy atom. The van der Waals surface area contributed by atoms with E-state index in [2.05, 4.69) is 10.2 Å². The Balaban J connectivity index is 1.53. The second kappa shape index (κ2) is 9.63. The quantitative estimate of drug-likeness (QED) is 0.555. The van der Waals surface area contributed by atoms with E-state index in [-0.39, 0.29) is 17.5 Å². The molecule has 2 fully saturated rings. The van der Waals surface area contributed by atoms with E-state index in [4.69, 9.17) is 0 Å². The fourth-order valence-electron chi connectivity index (χ4n) is 4.16. The number of carbonyl (C=O) groups is 1. The number of likely N-dealkylation sites (tertiary alicyclic amines) is 1. The smallest absolute Gasteiger partial charge is 0.366 e. The Bertz CT molecular complexity index is 758. The van der Waals surface area contributed by atoms with Crippen LogP contribution in [0.5, 0.6) is 0 Å². The minimum atomic E-state index is -4.64. The molecule has 10 heteroatoms. The Morgan fingerprint density at radius 1 is 1.13 bits per heavy atom. The van der Waals surface area contributed by atoms with Gasteiger partial charge < -0.3 is 15.1 Å². The highest BCUT2D eigenvalue weighted by atomic mass is 19.4. The Kier molecular flexibility index (Phi) is 7.17. The van der Waals surface area contributed by atoms with E-state index >= 15 is 0 Å². The molecule has 2 aliphatic rings. The molecule has 0 aromatic heterocycles. The molecule has 0 saturated carbocycles. The number of benzene rings is 1. The van der Waals surface area contributed by atoms with E-state index in [1.54, 1.807) is 4.90 Å². The third-order valence-corrected chi connectivity index (χ3v) is 5.88. The SMILES string of the molecule is O=C(NCCN1CCCCC1)C1CCN(c2ccc(C(F)(F)F)cc2[N+](=O)[O-])CC1. The molecule has 0 unspecified atom stereocenters. The molecule has 2 aliphatic heterocycles. The molecule has 1 amide bonds. The second-order valence-corrected chi connectivity index (χ2v) is 7.91. The van der Waals surface area contributed by atoms with Gasteiger partial charge in [0.25, 0.3) is 5.69 Å². The molecule has 0 radical (unpaired) electrons. The minimum Gasteiger partial charge on any atom is -0.366 e. The minimum absolute atomic E-state index is 0.0198. The van der Waals surface area contributed by atoms with Gasteiger partial charge in [-0.05, 0) is 50.9 Å². The first-order chi connectivity index (χ1) is 14.3. The zero-order valence-electron chi connectivity index (χ0n) is 16.8. The largest absolute Gasteiger partial charge is 0.416 e. The lowest BCUT2D eigenvalue weighted by Crippen LogP contribution is -2.43. The normalized spacial score (nSPS) is 19.0. The van der Waals surface area contributed by atoms with Crippen molar-refractivity contribution in [3.05, 3.63) is 33.9 Å². The molecule has 7 nitrogen and oxygen atoms in total. The summed E-state index contributed by atoms with van der Waals surface area (Å²) in [6.45, 7) is 4.35. The number of amides is 1. The maximum Gasteiger partial charge on any atom is 0.416 e. The van der Waals surface area contributed by atoms with Gasteiger partial charge in [-0.1, -0.05) is 6.42 Å². The summed E-state index contributed by atoms with van der Waals surface area (Å²) < 4.78 is 38.6. The van der Waals surface area contributed by atoms with E-state index in [0.29, 0.717) is 38.5 Å². The van der Waals surface area contributed by atoms with Crippen molar-refractivity contribution in [2.75, 3.05) is 44.2 Å². The first-order valence-electron chi connectivity index (χ1n) is 10.4. The van der Waals surface area contributed by atoms with Crippen molar-refractivity contribution < 1.29 is 22.9 Å². The molecule has 2 saturated heterocycles. The number of nitro groups is 1. The monoisotopic (exact) mass is 428 g/mol. The first kappa shape index (κ1) is 22.3. The number of nitro benzene ring substituents is 1. The molecule has 0 atom stereocenters. The van der Waals surface area contributed by atoms with Gasteiger partial charge in [0, 0.05) is 38.2 Å². The third-order valence-electron chi connectivity index (χ3n) is 5.88. The van der Waals surface area contributed by atoms with Crippen LogP contribution in [0.4, 0.5) is 24.5 Å². The zero-order valence-corrected chi connectivity index (χ0v) is 16.8. The number of piperidine rings is 2. The van der Waals surface area contributed by atoms with Crippen molar-refractivity contribution in [3.8, 4) is 0 Å². The van der Waals surface area contributed by atoms with E-state index in [9.17, 15) is 28.1 Å². The summed E-state index contributed by atoms with van der Waals surface area (Å²) in [5.41, 5.74) is -1.44. The number of anilines is 1. The zero-order chi connectivity index (χ0) is 21.7. The van der Waals surface area contributed by atoms with Crippen LogP contribution in [0.15, 0.2) is 18.2 Å². The fourth-order valence-corrected chi connectivity index (χ4v) is 4.16. The highest BCUT2D eigenvalue weighted by molar-refractivity contribution is 5.79. The van der Waals surface area contributed by atoms with Crippen LogP contribution in [0, 0.1) is 16.0 Å². The van der Waals surface area contributed by atoms with Gasteiger partial charge in [-0.15, -0.1) is 0 Å².